The molecule has 0 saturated carbocycles. The van der Waals surface area contributed by atoms with Crippen LogP contribution in [0.4, 0.5) is 0 Å². The van der Waals surface area contributed by atoms with Crippen LogP contribution in [0, 0.1) is 0 Å². The van der Waals surface area contributed by atoms with Crippen LogP contribution in [0.5, 0.6) is 11.5 Å². The highest BCUT2D eigenvalue weighted by atomic mass is 16.5. The Morgan fingerprint density at radius 3 is 2.29 bits per heavy atom. The molecule has 1 fully saturated rings. The molecule has 5 nitrogen and oxygen atoms in total. The standard InChI is InChI=1S/C16H21NO4/c1-20-14-9-12(10-15(11-14)21-2)3-4-16(19)17-7-5-13(18)6-8-17/h3-4,9-11,13,18H,5-8H2,1-2H3/b4-3+. The summed E-state index contributed by atoms with van der Waals surface area (Å²) in [5, 5.41) is 9.45. The molecule has 0 unspecified atom stereocenters. The topological polar surface area (TPSA) is 59.0 Å². The molecule has 5 heteroatoms. The molecule has 0 spiro atoms. The molecule has 0 aromatic heterocycles. The lowest BCUT2D eigenvalue weighted by Gasteiger charge is -2.28. The van der Waals surface area contributed by atoms with Gasteiger partial charge in [-0.1, -0.05) is 0 Å². The number of carbonyl (C=O) groups excluding carboxylic acids is 1. The van der Waals surface area contributed by atoms with Gasteiger partial charge in [-0.15, -0.1) is 0 Å². The summed E-state index contributed by atoms with van der Waals surface area (Å²) < 4.78 is 10.4. The molecule has 0 aliphatic carbocycles. The molecule has 0 radical (unpaired) electrons. The Morgan fingerprint density at radius 2 is 1.76 bits per heavy atom. The molecule has 21 heavy (non-hydrogen) atoms. The van der Waals surface area contributed by atoms with Crippen molar-refractivity contribution in [1.29, 1.82) is 0 Å². The molecule has 2 rings (SSSR count). The summed E-state index contributed by atoms with van der Waals surface area (Å²) in [5.41, 5.74) is 0.844. The summed E-state index contributed by atoms with van der Waals surface area (Å²) in [4.78, 5) is 13.8. The normalized spacial score (nSPS) is 16.2. The Hall–Kier alpha value is -2.01. The maximum Gasteiger partial charge on any atom is 0.246 e. The Kier molecular flexibility index (Phi) is 5.22. The first-order valence-corrected chi connectivity index (χ1v) is 7.00. The van der Waals surface area contributed by atoms with Gasteiger partial charge in [0.15, 0.2) is 0 Å². The SMILES string of the molecule is COc1cc(/C=C/C(=O)N2CCC(O)CC2)cc(OC)c1. The van der Waals surface area contributed by atoms with E-state index in [0.29, 0.717) is 37.4 Å². The third kappa shape index (κ3) is 4.23. The van der Waals surface area contributed by atoms with Crippen molar-refractivity contribution in [3.8, 4) is 11.5 Å². The van der Waals surface area contributed by atoms with Crippen LogP contribution in [0.15, 0.2) is 24.3 Å². The fourth-order valence-corrected chi connectivity index (χ4v) is 2.28. The number of ether oxygens (including phenoxy) is 2. The van der Waals surface area contributed by atoms with Gasteiger partial charge >= 0.3 is 0 Å². The Labute approximate surface area is 124 Å². The quantitative estimate of drug-likeness (QED) is 0.858. The average Bonchev–Trinajstić information content (AvgIpc) is 2.52. The third-order valence-electron chi connectivity index (χ3n) is 3.57. The van der Waals surface area contributed by atoms with Crippen molar-refractivity contribution >= 4 is 12.0 Å². The second-order valence-corrected chi connectivity index (χ2v) is 5.04. The predicted octanol–water partition coefficient (Wildman–Crippen LogP) is 1.70. The number of amides is 1. The van der Waals surface area contributed by atoms with Crippen molar-refractivity contribution in [3.05, 3.63) is 29.8 Å². The molecule has 1 aliphatic rings. The summed E-state index contributed by atoms with van der Waals surface area (Å²) in [7, 11) is 3.18. The lowest BCUT2D eigenvalue weighted by atomic mass is 10.1. The van der Waals surface area contributed by atoms with E-state index >= 15 is 0 Å². The van der Waals surface area contributed by atoms with E-state index in [1.165, 1.54) is 0 Å². The van der Waals surface area contributed by atoms with E-state index < -0.39 is 0 Å². The van der Waals surface area contributed by atoms with Gasteiger partial charge in [-0.3, -0.25) is 4.79 Å². The van der Waals surface area contributed by atoms with E-state index in [0.717, 1.165) is 5.56 Å². The second-order valence-electron chi connectivity index (χ2n) is 5.04. The van der Waals surface area contributed by atoms with Crippen molar-refractivity contribution < 1.29 is 19.4 Å². The minimum atomic E-state index is -0.277. The van der Waals surface area contributed by atoms with Gasteiger partial charge in [-0.25, -0.2) is 0 Å². The molecular formula is C16H21NO4. The van der Waals surface area contributed by atoms with Crippen LogP contribution in [0.2, 0.25) is 0 Å². The Morgan fingerprint density at radius 1 is 1.19 bits per heavy atom. The molecule has 1 aliphatic heterocycles. The van der Waals surface area contributed by atoms with E-state index in [9.17, 15) is 9.90 Å². The summed E-state index contributed by atoms with van der Waals surface area (Å²) in [6, 6.07) is 5.46. The van der Waals surface area contributed by atoms with E-state index in [4.69, 9.17) is 9.47 Å². The third-order valence-corrected chi connectivity index (χ3v) is 3.57. The molecule has 0 atom stereocenters. The van der Waals surface area contributed by atoms with Crippen molar-refractivity contribution in [2.24, 2.45) is 0 Å². The van der Waals surface area contributed by atoms with Crippen LogP contribution < -0.4 is 9.47 Å². The number of aliphatic hydroxyl groups excluding tert-OH is 1. The summed E-state index contributed by atoms with van der Waals surface area (Å²) in [6.07, 6.45) is 4.31. The van der Waals surface area contributed by atoms with Crippen molar-refractivity contribution in [3.63, 3.8) is 0 Å². The van der Waals surface area contributed by atoms with E-state index in [1.807, 2.05) is 12.1 Å². The number of likely N-dealkylation sites (tertiary alicyclic amines) is 1. The molecular weight excluding hydrogens is 270 g/mol. The highest BCUT2D eigenvalue weighted by Crippen LogP contribution is 2.23. The number of rotatable bonds is 4. The van der Waals surface area contributed by atoms with Gasteiger partial charge in [0.05, 0.1) is 20.3 Å². The maximum atomic E-state index is 12.1. The number of carbonyl (C=O) groups is 1. The number of benzene rings is 1. The van der Waals surface area contributed by atoms with Gasteiger partial charge in [0.2, 0.25) is 5.91 Å². The number of piperidine rings is 1. The minimum Gasteiger partial charge on any atom is -0.497 e. The summed E-state index contributed by atoms with van der Waals surface area (Å²) in [6.45, 7) is 1.21. The number of nitrogens with zero attached hydrogens (tertiary/aromatic N) is 1. The van der Waals surface area contributed by atoms with Crippen molar-refractivity contribution in [1.82, 2.24) is 4.90 Å². The molecule has 1 N–H and O–H groups in total. The Balaban J connectivity index is 2.04. The van der Waals surface area contributed by atoms with Crippen LogP contribution in [0.1, 0.15) is 18.4 Å². The van der Waals surface area contributed by atoms with Gasteiger partial charge < -0.3 is 19.5 Å². The second kappa shape index (κ2) is 7.13. The summed E-state index contributed by atoms with van der Waals surface area (Å²) >= 11 is 0. The average molecular weight is 291 g/mol. The number of hydrogen-bond donors (Lipinski definition) is 1. The zero-order chi connectivity index (χ0) is 15.2. The van der Waals surface area contributed by atoms with Crippen LogP contribution >= 0.6 is 0 Å². The van der Waals surface area contributed by atoms with E-state index in [-0.39, 0.29) is 12.0 Å². The number of methoxy groups -OCH3 is 2. The molecule has 0 bridgehead atoms. The molecule has 1 saturated heterocycles. The lowest BCUT2D eigenvalue weighted by Crippen LogP contribution is -2.39. The molecule has 114 valence electrons. The molecule has 1 amide bonds. The van der Waals surface area contributed by atoms with Crippen molar-refractivity contribution in [2.45, 2.75) is 18.9 Å². The van der Waals surface area contributed by atoms with Crippen LogP contribution in [-0.4, -0.2) is 49.3 Å². The predicted molar refractivity (Wildman–Crippen MR) is 80.4 cm³/mol. The molecule has 1 aromatic carbocycles. The fourth-order valence-electron chi connectivity index (χ4n) is 2.28. The van der Waals surface area contributed by atoms with Gasteiger partial charge in [0.25, 0.3) is 0 Å². The first kappa shape index (κ1) is 15.4. The number of hydrogen-bond acceptors (Lipinski definition) is 4. The first-order chi connectivity index (χ1) is 10.1. The van der Waals surface area contributed by atoms with Gasteiger partial charge in [0.1, 0.15) is 11.5 Å². The lowest BCUT2D eigenvalue weighted by molar-refractivity contribution is -0.127. The summed E-state index contributed by atoms with van der Waals surface area (Å²) in [5.74, 6) is 1.33. The van der Waals surface area contributed by atoms with Gasteiger partial charge in [-0.05, 0) is 36.6 Å². The maximum absolute atomic E-state index is 12.1. The zero-order valence-electron chi connectivity index (χ0n) is 12.4. The fraction of sp³-hybridized carbons (Fsp3) is 0.438. The number of aliphatic hydroxyl groups is 1. The largest absolute Gasteiger partial charge is 0.497 e. The van der Waals surface area contributed by atoms with Crippen LogP contribution in [0.25, 0.3) is 6.08 Å². The molecule has 1 heterocycles. The smallest absolute Gasteiger partial charge is 0.246 e. The first-order valence-electron chi connectivity index (χ1n) is 7.00. The molecule has 1 aromatic rings. The van der Waals surface area contributed by atoms with Crippen LogP contribution in [-0.2, 0) is 4.79 Å². The zero-order valence-corrected chi connectivity index (χ0v) is 12.4. The highest BCUT2D eigenvalue weighted by Gasteiger charge is 2.19. The van der Waals surface area contributed by atoms with Gasteiger partial charge in [-0.2, -0.15) is 0 Å². The Bertz CT molecular complexity index is 497. The highest BCUT2D eigenvalue weighted by molar-refractivity contribution is 5.92. The van der Waals surface area contributed by atoms with Crippen molar-refractivity contribution in [2.75, 3.05) is 27.3 Å². The van der Waals surface area contributed by atoms with Gasteiger partial charge in [0, 0.05) is 25.2 Å². The van der Waals surface area contributed by atoms with E-state index in [2.05, 4.69) is 0 Å². The van der Waals surface area contributed by atoms with E-state index in [1.54, 1.807) is 37.3 Å². The monoisotopic (exact) mass is 291 g/mol. The minimum absolute atomic E-state index is 0.0383. The van der Waals surface area contributed by atoms with Crippen LogP contribution in [0.3, 0.4) is 0 Å².